The molecule has 0 aliphatic heterocycles. The summed E-state index contributed by atoms with van der Waals surface area (Å²) in [6.45, 7) is 6.27. The summed E-state index contributed by atoms with van der Waals surface area (Å²) < 4.78 is 4.72. The zero-order valence-electron chi connectivity index (χ0n) is 15.4. The lowest BCUT2D eigenvalue weighted by molar-refractivity contribution is -0.145. The van der Waals surface area contributed by atoms with Gasteiger partial charge < -0.3 is 15.4 Å². The zero-order chi connectivity index (χ0) is 18.8. The molecule has 138 valence electrons. The van der Waals surface area contributed by atoms with Crippen LogP contribution >= 0.6 is 0 Å². The van der Waals surface area contributed by atoms with Gasteiger partial charge in [-0.15, -0.1) is 0 Å². The number of ether oxygens (including phenoxy) is 1. The van der Waals surface area contributed by atoms with E-state index in [2.05, 4.69) is 10.6 Å². The summed E-state index contributed by atoms with van der Waals surface area (Å²) in [5.74, 6) is -0.551. The van der Waals surface area contributed by atoms with Crippen LogP contribution in [0.1, 0.15) is 49.0 Å². The van der Waals surface area contributed by atoms with Gasteiger partial charge in [0.2, 0.25) is 5.91 Å². The molecule has 1 rings (SSSR count). The van der Waals surface area contributed by atoms with E-state index in [1.165, 1.54) is 7.11 Å². The number of hydrogen-bond acceptors (Lipinski definition) is 4. The Hall–Kier alpha value is -2.37. The van der Waals surface area contributed by atoms with Crippen molar-refractivity contribution in [3.63, 3.8) is 0 Å². The average molecular weight is 348 g/mol. The van der Waals surface area contributed by atoms with Gasteiger partial charge >= 0.3 is 5.97 Å². The van der Waals surface area contributed by atoms with Crippen LogP contribution in [0, 0.1) is 12.8 Å². The van der Waals surface area contributed by atoms with Gasteiger partial charge in [0.15, 0.2) is 0 Å². The van der Waals surface area contributed by atoms with Crippen molar-refractivity contribution in [2.24, 2.45) is 5.92 Å². The van der Waals surface area contributed by atoms with Crippen molar-refractivity contribution < 1.29 is 19.1 Å². The predicted molar refractivity (Wildman–Crippen MR) is 96.1 cm³/mol. The smallest absolute Gasteiger partial charge is 0.328 e. The average Bonchev–Trinajstić information content (AvgIpc) is 2.56. The number of benzene rings is 1. The van der Waals surface area contributed by atoms with Crippen molar-refractivity contribution in [3.05, 3.63) is 35.4 Å². The van der Waals surface area contributed by atoms with Crippen LogP contribution in [0.2, 0.25) is 0 Å². The Morgan fingerprint density at radius 3 is 2.52 bits per heavy atom. The Labute approximate surface area is 149 Å². The fourth-order valence-electron chi connectivity index (χ4n) is 2.43. The summed E-state index contributed by atoms with van der Waals surface area (Å²) in [6, 6.07) is 6.70. The minimum absolute atomic E-state index is 0.156. The number of carbonyl (C=O) groups excluding carboxylic acids is 3. The molecule has 0 bridgehead atoms. The van der Waals surface area contributed by atoms with Gasteiger partial charge in [0.05, 0.1) is 7.11 Å². The molecular weight excluding hydrogens is 320 g/mol. The molecule has 0 fully saturated rings. The van der Waals surface area contributed by atoms with E-state index in [4.69, 9.17) is 4.74 Å². The molecule has 0 saturated carbocycles. The second-order valence-corrected chi connectivity index (χ2v) is 6.50. The lowest BCUT2D eigenvalue weighted by Gasteiger charge is -2.18. The van der Waals surface area contributed by atoms with E-state index < -0.39 is 12.0 Å². The van der Waals surface area contributed by atoms with Gasteiger partial charge in [0.25, 0.3) is 5.91 Å². The first-order valence-electron chi connectivity index (χ1n) is 8.55. The molecule has 0 aliphatic rings. The minimum Gasteiger partial charge on any atom is -0.467 e. The Kier molecular flexibility index (Phi) is 8.67. The molecule has 0 saturated heterocycles. The topological polar surface area (TPSA) is 84.5 Å². The number of esters is 1. The van der Waals surface area contributed by atoms with Gasteiger partial charge in [-0.25, -0.2) is 4.79 Å². The SMILES string of the molecule is COC(=O)C(CC(C)C)NC(=O)CCCNC(=O)c1cccc(C)c1. The molecule has 2 N–H and O–H groups in total. The second kappa shape index (κ2) is 10.5. The van der Waals surface area contributed by atoms with Crippen LogP contribution in [0.15, 0.2) is 24.3 Å². The monoisotopic (exact) mass is 348 g/mol. The molecule has 1 aromatic carbocycles. The van der Waals surface area contributed by atoms with E-state index in [-0.39, 0.29) is 24.2 Å². The van der Waals surface area contributed by atoms with Crippen LogP contribution in [0.3, 0.4) is 0 Å². The van der Waals surface area contributed by atoms with E-state index in [0.717, 1.165) is 5.56 Å². The minimum atomic E-state index is -0.626. The molecule has 1 aromatic rings. The molecule has 25 heavy (non-hydrogen) atoms. The first-order chi connectivity index (χ1) is 11.8. The zero-order valence-corrected chi connectivity index (χ0v) is 15.4. The fourth-order valence-corrected chi connectivity index (χ4v) is 2.43. The standard InChI is InChI=1S/C19H28N2O4/c1-13(2)11-16(19(24)25-4)21-17(22)9-6-10-20-18(23)15-8-5-7-14(3)12-15/h5,7-8,12-13,16H,6,9-11H2,1-4H3,(H,20,23)(H,21,22). The van der Waals surface area contributed by atoms with Crippen LogP contribution in [-0.4, -0.2) is 37.5 Å². The number of amides is 2. The molecule has 1 unspecified atom stereocenters. The van der Waals surface area contributed by atoms with Gasteiger partial charge in [-0.05, 0) is 37.8 Å². The quantitative estimate of drug-likeness (QED) is 0.529. The van der Waals surface area contributed by atoms with Gasteiger partial charge in [-0.1, -0.05) is 31.5 Å². The number of nitrogens with one attached hydrogen (secondary N) is 2. The number of aryl methyl sites for hydroxylation is 1. The summed E-state index contributed by atoms with van der Waals surface area (Å²) in [5.41, 5.74) is 1.62. The third-order valence-electron chi connectivity index (χ3n) is 3.67. The van der Waals surface area contributed by atoms with E-state index in [1.54, 1.807) is 6.07 Å². The number of rotatable bonds is 9. The molecule has 0 aliphatic carbocycles. The Balaban J connectivity index is 2.36. The maximum absolute atomic E-state index is 12.0. The molecule has 2 amide bonds. The van der Waals surface area contributed by atoms with Crippen molar-refractivity contribution in [3.8, 4) is 0 Å². The van der Waals surface area contributed by atoms with E-state index in [9.17, 15) is 14.4 Å². The van der Waals surface area contributed by atoms with Crippen LogP contribution < -0.4 is 10.6 Å². The lowest BCUT2D eigenvalue weighted by Crippen LogP contribution is -2.42. The van der Waals surface area contributed by atoms with Crippen molar-refractivity contribution in [2.75, 3.05) is 13.7 Å². The van der Waals surface area contributed by atoms with Crippen LogP contribution in [-0.2, 0) is 14.3 Å². The van der Waals surface area contributed by atoms with Gasteiger partial charge in [-0.3, -0.25) is 9.59 Å². The molecule has 6 heteroatoms. The Morgan fingerprint density at radius 2 is 1.92 bits per heavy atom. The van der Waals surface area contributed by atoms with Crippen molar-refractivity contribution in [1.82, 2.24) is 10.6 Å². The second-order valence-electron chi connectivity index (χ2n) is 6.50. The Bertz CT molecular complexity index is 599. The highest BCUT2D eigenvalue weighted by molar-refractivity contribution is 5.94. The highest BCUT2D eigenvalue weighted by atomic mass is 16.5. The van der Waals surface area contributed by atoms with E-state index in [1.807, 2.05) is 39.0 Å². The van der Waals surface area contributed by atoms with Crippen LogP contribution in [0.4, 0.5) is 0 Å². The molecule has 1 atom stereocenters. The highest BCUT2D eigenvalue weighted by Gasteiger charge is 2.22. The molecule has 0 aromatic heterocycles. The third kappa shape index (κ3) is 7.83. The third-order valence-corrected chi connectivity index (χ3v) is 3.67. The number of hydrogen-bond donors (Lipinski definition) is 2. The van der Waals surface area contributed by atoms with Crippen molar-refractivity contribution in [1.29, 1.82) is 0 Å². The normalized spacial score (nSPS) is 11.7. The molecular formula is C19H28N2O4. The van der Waals surface area contributed by atoms with Gasteiger partial charge in [0, 0.05) is 18.5 Å². The maximum atomic E-state index is 12.0. The van der Waals surface area contributed by atoms with E-state index >= 15 is 0 Å². The first-order valence-corrected chi connectivity index (χ1v) is 8.55. The van der Waals surface area contributed by atoms with Gasteiger partial charge in [-0.2, -0.15) is 0 Å². The van der Waals surface area contributed by atoms with Gasteiger partial charge in [0.1, 0.15) is 6.04 Å². The predicted octanol–water partition coefficient (Wildman–Crippen LogP) is 2.21. The molecule has 6 nitrogen and oxygen atoms in total. The van der Waals surface area contributed by atoms with Crippen molar-refractivity contribution >= 4 is 17.8 Å². The highest BCUT2D eigenvalue weighted by Crippen LogP contribution is 2.07. The fraction of sp³-hybridized carbons (Fsp3) is 0.526. The van der Waals surface area contributed by atoms with Crippen LogP contribution in [0.5, 0.6) is 0 Å². The van der Waals surface area contributed by atoms with Crippen molar-refractivity contribution in [2.45, 2.75) is 46.1 Å². The first kappa shape index (κ1) is 20.7. The molecule has 0 radical (unpaired) electrons. The van der Waals surface area contributed by atoms with Crippen LogP contribution in [0.25, 0.3) is 0 Å². The number of methoxy groups -OCH3 is 1. The molecule has 0 spiro atoms. The summed E-state index contributed by atoms with van der Waals surface area (Å²) in [6.07, 6.45) is 1.27. The Morgan fingerprint density at radius 1 is 1.20 bits per heavy atom. The summed E-state index contributed by atoms with van der Waals surface area (Å²) in [4.78, 5) is 35.7. The lowest BCUT2D eigenvalue weighted by atomic mass is 10.0. The summed E-state index contributed by atoms with van der Waals surface area (Å²) >= 11 is 0. The molecule has 0 heterocycles. The number of carbonyl (C=O) groups is 3. The summed E-state index contributed by atoms with van der Waals surface area (Å²) in [5, 5.41) is 5.49. The van der Waals surface area contributed by atoms with E-state index in [0.29, 0.717) is 24.9 Å². The largest absolute Gasteiger partial charge is 0.467 e. The summed E-state index contributed by atoms with van der Waals surface area (Å²) in [7, 11) is 1.31. The maximum Gasteiger partial charge on any atom is 0.328 e.